The van der Waals surface area contributed by atoms with Crippen molar-refractivity contribution in [1.29, 1.82) is 0 Å². The van der Waals surface area contributed by atoms with E-state index in [0.29, 0.717) is 10.6 Å². The summed E-state index contributed by atoms with van der Waals surface area (Å²) in [6.07, 6.45) is -2.20. The standard InChI is InChI=1S/C18H20ClN3O6/c19-11-4-2-1-3-10(11)7-15(24)20-12-9-28-13(17(26)16(12)25)8-22-6-5-14(23)21-18(22)27/h1-6,12-13,16-17,25-26H,7-9H2,(H,20,24)(H,21,23,27)/t12-,13-,16+,17-/m1/s1. The van der Waals surface area contributed by atoms with E-state index < -0.39 is 35.6 Å². The molecule has 0 unspecified atom stereocenters. The topological polar surface area (TPSA) is 134 Å². The van der Waals surface area contributed by atoms with Crippen LogP contribution in [0.1, 0.15) is 5.56 Å². The molecule has 1 fully saturated rings. The van der Waals surface area contributed by atoms with E-state index in [0.717, 1.165) is 4.57 Å². The van der Waals surface area contributed by atoms with Crippen LogP contribution in [0.3, 0.4) is 0 Å². The molecule has 1 aliphatic rings. The molecule has 10 heteroatoms. The molecule has 0 spiro atoms. The van der Waals surface area contributed by atoms with Gasteiger partial charge in [0, 0.05) is 17.3 Å². The maximum atomic E-state index is 12.2. The summed E-state index contributed by atoms with van der Waals surface area (Å²) < 4.78 is 6.70. The van der Waals surface area contributed by atoms with E-state index in [-0.39, 0.29) is 25.5 Å². The van der Waals surface area contributed by atoms with Crippen LogP contribution >= 0.6 is 11.6 Å². The number of aromatic nitrogens is 2. The van der Waals surface area contributed by atoms with E-state index in [1.807, 2.05) is 0 Å². The van der Waals surface area contributed by atoms with Gasteiger partial charge < -0.3 is 20.3 Å². The third kappa shape index (κ3) is 4.68. The Morgan fingerprint density at radius 3 is 2.71 bits per heavy atom. The van der Waals surface area contributed by atoms with Gasteiger partial charge in [-0.3, -0.25) is 19.1 Å². The fourth-order valence-electron chi connectivity index (χ4n) is 3.02. The first kappa shape index (κ1) is 20.3. The number of hydrogen-bond acceptors (Lipinski definition) is 6. The van der Waals surface area contributed by atoms with E-state index in [1.165, 1.54) is 12.3 Å². The second-order valence-electron chi connectivity index (χ2n) is 6.56. The van der Waals surface area contributed by atoms with Crippen LogP contribution in [0.5, 0.6) is 0 Å². The molecule has 0 bridgehead atoms. The summed E-state index contributed by atoms with van der Waals surface area (Å²) in [4.78, 5) is 37.2. The summed E-state index contributed by atoms with van der Waals surface area (Å²) in [5.41, 5.74) is -0.538. The van der Waals surface area contributed by atoms with Crippen molar-refractivity contribution in [3.8, 4) is 0 Å². The van der Waals surface area contributed by atoms with E-state index in [1.54, 1.807) is 24.3 Å². The number of nitrogens with one attached hydrogen (secondary N) is 2. The number of aliphatic hydroxyl groups is 2. The Hall–Kier alpha value is -2.46. The van der Waals surface area contributed by atoms with Crippen LogP contribution in [0, 0.1) is 0 Å². The third-order valence-corrected chi connectivity index (χ3v) is 4.93. The number of halogens is 1. The van der Waals surface area contributed by atoms with Gasteiger partial charge in [-0.2, -0.15) is 0 Å². The van der Waals surface area contributed by atoms with Gasteiger partial charge in [0.05, 0.1) is 25.6 Å². The minimum atomic E-state index is -1.34. The first-order chi connectivity index (χ1) is 13.3. The molecule has 1 aromatic heterocycles. The van der Waals surface area contributed by atoms with Crippen LogP contribution in [-0.4, -0.2) is 56.6 Å². The number of rotatable bonds is 5. The summed E-state index contributed by atoms with van der Waals surface area (Å²) in [6, 6.07) is 7.28. The molecule has 4 N–H and O–H groups in total. The Kier molecular flexibility index (Phi) is 6.30. The molecule has 28 heavy (non-hydrogen) atoms. The lowest BCUT2D eigenvalue weighted by molar-refractivity contribution is -0.158. The molecule has 2 aromatic rings. The Bertz CT molecular complexity index is 959. The van der Waals surface area contributed by atoms with Gasteiger partial charge in [0.25, 0.3) is 5.56 Å². The van der Waals surface area contributed by atoms with Crippen molar-refractivity contribution < 1.29 is 19.7 Å². The minimum Gasteiger partial charge on any atom is -0.388 e. The molecule has 2 heterocycles. The molecule has 0 saturated carbocycles. The number of amides is 1. The fourth-order valence-corrected chi connectivity index (χ4v) is 3.23. The molecule has 4 atom stereocenters. The van der Waals surface area contributed by atoms with Crippen LogP contribution in [0.25, 0.3) is 0 Å². The molecule has 0 radical (unpaired) electrons. The predicted octanol–water partition coefficient (Wildman–Crippen LogP) is -0.962. The summed E-state index contributed by atoms with van der Waals surface area (Å²) in [5, 5.41) is 23.8. The van der Waals surface area contributed by atoms with Crippen molar-refractivity contribution >= 4 is 17.5 Å². The molecule has 0 aliphatic carbocycles. The smallest absolute Gasteiger partial charge is 0.328 e. The first-order valence-electron chi connectivity index (χ1n) is 8.65. The van der Waals surface area contributed by atoms with Crippen LogP contribution in [0.15, 0.2) is 46.1 Å². The monoisotopic (exact) mass is 409 g/mol. The van der Waals surface area contributed by atoms with E-state index >= 15 is 0 Å². The van der Waals surface area contributed by atoms with Crippen molar-refractivity contribution in [2.75, 3.05) is 6.61 Å². The summed E-state index contributed by atoms with van der Waals surface area (Å²) in [6.45, 7) is -0.108. The average molecular weight is 410 g/mol. The van der Waals surface area contributed by atoms with E-state index in [2.05, 4.69) is 10.3 Å². The van der Waals surface area contributed by atoms with E-state index in [4.69, 9.17) is 16.3 Å². The number of nitrogens with zero attached hydrogens (tertiary/aromatic N) is 1. The molecule has 1 saturated heterocycles. The van der Waals surface area contributed by atoms with Gasteiger partial charge in [-0.25, -0.2) is 4.79 Å². The van der Waals surface area contributed by atoms with Gasteiger partial charge in [-0.1, -0.05) is 29.8 Å². The SMILES string of the molecule is O=C(Cc1ccccc1Cl)N[C@@H]1CO[C@H](Cn2ccc(=O)[nH]c2=O)[C@@H](O)[C@H]1O. The number of benzene rings is 1. The first-order valence-corrected chi connectivity index (χ1v) is 9.03. The van der Waals surface area contributed by atoms with Gasteiger partial charge in [-0.15, -0.1) is 0 Å². The Labute approximate surface area is 164 Å². The fraction of sp³-hybridized carbons (Fsp3) is 0.389. The highest BCUT2D eigenvalue weighted by Gasteiger charge is 2.39. The molecule has 150 valence electrons. The zero-order chi connectivity index (χ0) is 20.3. The molecule has 3 rings (SSSR count). The summed E-state index contributed by atoms with van der Waals surface area (Å²) >= 11 is 6.04. The second-order valence-corrected chi connectivity index (χ2v) is 6.96. The normalized spacial score (nSPS) is 24.7. The highest BCUT2D eigenvalue weighted by atomic mass is 35.5. The lowest BCUT2D eigenvalue weighted by atomic mass is 9.97. The lowest BCUT2D eigenvalue weighted by Gasteiger charge is -2.38. The van der Waals surface area contributed by atoms with Gasteiger partial charge in [0.2, 0.25) is 5.91 Å². The average Bonchev–Trinajstić information content (AvgIpc) is 2.65. The minimum absolute atomic E-state index is 0.0230. The zero-order valence-corrected chi connectivity index (χ0v) is 15.5. The molecule has 1 aliphatic heterocycles. The van der Waals surface area contributed by atoms with Gasteiger partial charge >= 0.3 is 5.69 Å². The highest BCUT2D eigenvalue weighted by molar-refractivity contribution is 6.31. The van der Waals surface area contributed by atoms with Crippen LogP contribution in [-0.2, 0) is 22.5 Å². The Balaban J connectivity index is 1.60. The third-order valence-electron chi connectivity index (χ3n) is 4.56. The number of aliphatic hydroxyl groups excluding tert-OH is 2. The Morgan fingerprint density at radius 2 is 2.00 bits per heavy atom. The number of ether oxygens (including phenoxy) is 1. The second kappa shape index (κ2) is 8.70. The number of aromatic amines is 1. The molecule has 1 aromatic carbocycles. The highest BCUT2D eigenvalue weighted by Crippen LogP contribution is 2.18. The number of H-pyrrole nitrogens is 1. The van der Waals surface area contributed by atoms with Gasteiger partial charge in [0.15, 0.2) is 0 Å². The summed E-state index contributed by atoms with van der Waals surface area (Å²) in [5.74, 6) is -0.372. The number of carbonyl (C=O) groups is 1. The van der Waals surface area contributed by atoms with Gasteiger partial charge in [0.1, 0.15) is 18.3 Å². The predicted molar refractivity (Wildman–Crippen MR) is 100 cm³/mol. The van der Waals surface area contributed by atoms with Crippen molar-refractivity contribution in [2.24, 2.45) is 0 Å². The molecular formula is C18H20ClN3O6. The molecular weight excluding hydrogens is 390 g/mol. The van der Waals surface area contributed by atoms with Crippen molar-refractivity contribution in [2.45, 2.75) is 37.3 Å². The molecule has 9 nitrogen and oxygen atoms in total. The number of carbonyl (C=O) groups excluding carboxylic acids is 1. The van der Waals surface area contributed by atoms with Crippen molar-refractivity contribution in [3.63, 3.8) is 0 Å². The van der Waals surface area contributed by atoms with Crippen molar-refractivity contribution in [3.05, 3.63) is 68.0 Å². The Morgan fingerprint density at radius 1 is 1.25 bits per heavy atom. The van der Waals surface area contributed by atoms with E-state index in [9.17, 15) is 24.6 Å². The summed E-state index contributed by atoms with van der Waals surface area (Å²) in [7, 11) is 0. The quantitative estimate of drug-likeness (QED) is 0.502. The maximum absolute atomic E-state index is 12.2. The van der Waals surface area contributed by atoms with Crippen molar-refractivity contribution in [1.82, 2.24) is 14.9 Å². The number of hydrogen-bond donors (Lipinski definition) is 4. The van der Waals surface area contributed by atoms with Gasteiger partial charge in [-0.05, 0) is 11.6 Å². The largest absolute Gasteiger partial charge is 0.388 e. The van der Waals surface area contributed by atoms with Crippen LogP contribution in [0.4, 0.5) is 0 Å². The van der Waals surface area contributed by atoms with Crippen LogP contribution in [0.2, 0.25) is 5.02 Å². The lowest BCUT2D eigenvalue weighted by Crippen LogP contribution is -2.60. The zero-order valence-electron chi connectivity index (χ0n) is 14.7. The maximum Gasteiger partial charge on any atom is 0.328 e. The van der Waals surface area contributed by atoms with Crippen LogP contribution < -0.4 is 16.6 Å². The molecule has 1 amide bonds.